The van der Waals surface area contributed by atoms with E-state index in [4.69, 9.17) is 16.3 Å². The predicted octanol–water partition coefficient (Wildman–Crippen LogP) is 1.93. The molecular formula is C13H18ClNO3S. The lowest BCUT2D eigenvalue weighted by molar-refractivity contribution is 0.0404. The number of nitrogens with zero attached hydrogens (tertiary/aromatic N) is 1. The Bertz CT molecular complexity index is 559. The van der Waals surface area contributed by atoms with E-state index in [1.807, 2.05) is 19.9 Å². The summed E-state index contributed by atoms with van der Waals surface area (Å²) in [4.78, 5) is 0.326. The van der Waals surface area contributed by atoms with Crippen LogP contribution >= 0.6 is 11.6 Å². The molecule has 4 nitrogen and oxygen atoms in total. The summed E-state index contributed by atoms with van der Waals surface area (Å²) < 4.78 is 32.0. The number of aryl methyl sites for hydroxylation is 2. The number of benzene rings is 1. The normalized spacial score (nSPS) is 21.5. The largest absolute Gasteiger partial charge is 0.378 e. The van der Waals surface area contributed by atoms with Crippen LogP contribution < -0.4 is 0 Å². The fraction of sp³-hybridized carbons (Fsp3) is 0.538. The highest BCUT2D eigenvalue weighted by molar-refractivity contribution is 7.89. The predicted molar refractivity (Wildman–Crippen MR) is 75.1 cm³/mol. The molecule has 1 aromatic rings. The Hall–Kier alpha value is -0.620. The Morgan fingerprint density at radius 3 is 2.74 bits per heavy atom. The number of sulfonamides is 1. The van der Waals surface area contributed by atoms with Gasteiger partial charge in [0.2, 0.25) is 10.0 Å². The molecule has 0 saturated carbocycles. The molecule has 2 rings (SSSR count). The van der Waals surface area contributed by atoms with Gasteiger partial charge in [-0.05, 0) is 37.1 Å². The first-order valence-electron chi connectivity index (χ1n) is 6.19. The molecule has 1 heterocycles. The van der Waals surface area contributed by atoms with E-state index in [0.717, 1.165) is 11.1 Å². The SMILES string of the molecule is Cc1ccc(S(=O)(=O)N2CCOCC2CCl)cc1C. The van der Waals surface area contributed by atoms with Crippen molar-refractivity contribution in [3.8, 4) is 0 Å². The molecule has 19 heavy (non-hydrogen) atoms. The third kappa shape index (κ3) is 2.94. The molecule has 0 aliphatic carbocycles. The highest BCUT2D eigenvalue weighted by Crippen LogP contribution is 2.23. The van der Waals surface area contributed by atoms with Crippen LogP contribution in [0.3, 0.4) is 0 Å². The fourth-order valence-corrected chi connectivity index (χ4v) is 4.10. The van der Waals surface area contributed by atoms with E-state index in [-0.39, 0.29) is 11.9 Å². The van der Waals surface area contributed by atoms with Gasteiger partial charge in [0.1, 0.15) is 0 Å². The molecule has 0 N–H and O–H groups in total. The monoisotopic (exact) mass is 303 g/mol. The third-order valence-corrected chi connectivity index (χ3v) is 5.74. The minimum Gasteiger partial charge on any atom is -0.378 e. The highest BCUT2D eigenvalue weighted by Gasteiger charge is 2.33. The summed E-state index contributed by atoms with van der Waals surface area (Å²) >= 11 is 5.84. The number of morpholine rings is 1. The lowest BCUT2D eigenvalue weighted by Crippen LogP contribution is -2.49. The van der Waals surface area contributed by atoms with Crippen molar-refractivity contribution in [2.75, 3.05) is 25.6 Å². The Morgan fingerprint density at radius 1 is 1.37 bits per heavy atom. The van der Waals surface area contributed by atoms with Crippen LogP contribution in [0, 0.1) is 13.8 Å². The van der Waals surface area contributed by atoms with Gasteiger partial charge in [-0.2, -0.15) is 4.31 Å². The molecule has 1 aliphatic rings. The highest BCUT2D eigenvalue weighted by atomic mass is 35.5. The minimum atomic E-state index is -3.49. The average molecular weight is 304 g/mol. The van der Waals surface area contributed by atoms with Crippen molar-refractivity contribution >= 4 is 21.6 Å². The molecule has 106 valence electrons. The van der Waals surface area contributed by atoms with Crippen LogP contribution in [0.5, 0.6) is 0 Å². The maximum absolute atomic E-state index is 12.6. The third-order valence-electron chi connectivity index (χ3n) is 3.44. The summed E-state index contributed by atoms with van der Waals surface area (Å²) in [5.41, 5.74) is 2.05. The van der Waals surface area contributed by atoms with Crippen molar-refractivity contribution in [2.45, 2.75) is 24.8 Å². The summed E-state index contributed by atoms with van der Waals surface area (Å²) in [6.45, 7) is 4.99. The van der Waals surface area contributed by atoms with Crippen molar-refractivity contribution in [1.29, 1.82) is 0 Å². The molecule has 1 aromatic carbocycles. The van der Waals surface area contributed by atoms with E-state index in [1.54, 1.807) is 12.1 Å². The Balaban J connectivity index is 2.37. The van der Waals surface area contributed by atoms with Crippen molar-refractivity contribution in [3.63, 3.8) is 0 Å². The quantitative estimate of drug-likeness (QED) is 0.802. The van der Waals surface area contributed by atoms with Gasteiger partial charge in [-0.3, -0.25) is 0 Å². The van der Waals surface area contributed by atoms with E-state index < -0.39 is 10.0 Å². The van der Waals surface area contributed by atoms with Crippen LogP contribution in [0.2, 0.25) is 0 Å². The van der Waals surface area contributed by atoms with Gasteiger partial charge in [0.15, 0.2) is 0 Å². The van der Waals surface area contributed by atoms with Crippen LogP contribution in [0.25, 0.3) is 0 Å². The molecule has 1 saturated heterocycles. The van der Waals surface area contributed by atoms with E-state index in [9.17, 15) is 8.42 Å². The summed E-state index contributed by atoms with van der Waals surface area (Å²) in [6, 6.07) is 4.91. The van der Waals surface area contributed by atoms with Gasteiger partial charge in [-0.15, -0.1) is 11.6 Å². The molecule has 1 aliphatic heterocycles. The molecule has 6 heteroatoms. The number of ether oxygens (including phenoxy) is 1. The van der Waals surface area contributed by atoms with E-state index in [1.165, 1.54) is 4.31 Å². The van der Waals surface area contributed by atoms with Crippen LogP contribution in [-0.4, -0.2) is 44.4 Å². The lowest BCUT2D eigenvalue weighted by Gasteiger charge is -2.33. The van der Waals surface area contributed by atoms with Crippen molar-refractivity contribution in [3.05, 3.63) is 29.3 Å². The van der Waals surface area contributed by atoms with Gasteiger partial charge in [0.25, 0.3) is 0 Å². The van der Waals surface area contributed by atoms with Gasteiger partial charge in [0, 0.05) is 12.4 Å². The second-order valence-corrected chi connectivity index (χ2v) is 6.94. The van der Waals surface area contributed by atoms with E-state index >= 15 is 0 Å². The molecule has 0 amide bonds. The summed E-state index contributed by atoms with van der Waals surface area (Å²) in [5, 5.41) is 0. The first-order valence-corrected chi connectivity index (χ1v) is 8.17. The second kappa shape index (κ2) is 5.79. The Labute approximate surface area is 119 Å². The summed E-state index contributed by atoms with van der Waals surface area (Å²) in [7, 11) is -3.49. The lowest BCUT2D eigenvalue weighted by atomic mass is 10.1. The van der Waals surface area contributed by atoms with Crippen LogP contribution in [-0.2, 0) is 14.8 Å². The van der Waals surface area contributed by atoms with Crippen molar-refractivity contribution < 1.29 is 13.2 Å². The minimum absolute atomic E-state index is 0.240. The molecular weight excluding hydrogens is 286 g/mol. The second-order valence-electron chi connectivity index (χ2n) is 4.74. The average Bonchev–Trinajstić information content (AvgIpc) is 2.41. The van der Waals surface area contributed by atoms with Crippen LogP contribution in [0.1, 0.15) is 11.1 Å². The molecule has 1 unspecified atom stereocenters. The van der Waals surface area contributed by atoms with Crippen molar-refractivity contribution in [1.82, 2.24) is 4.31 Å². The maximum Gasteiger partial charge on any atom is 0.243 e. The van der Waals surface area contributed by atoms with Gasteiger partial charge < -0.3 is 4.74 Å². The summed E-state index contributed by atoms with van der Waals surface area (Å²) in [6.07, 6.45) is 0. The van der Waals surface area contributed by atoms with Gasteiger partial charge in [-0.25, -0.2) is 8.42 Å². The number of hydrogen-bond acceptors (Lipinski definition) is 3. The van der Waals surface area contributed by atoms with Gasteiger partial charge >= 0.3 is 0 Å². The standard InChI is InChI=1S/C13H18ClNO3S/c1-10-3-4-13(7-11(10)2)19(16,17)15-5-6-18-9-12(15)8-14/h3-4,7,12H,5-6,8-9H2,1-2H3. The first-order chi connectivity index (χ1) is 8.96. The van der Waals surface area contributed by atoms with Crippen LogP contribution in [0.15, 0.2) is 23.1 Å². The number of alkyl halides is 1. The smallest absolute Gasteiger partial charge is 0.243 e. The molecule has 1 fully saturated rings. The fourth-order valence-electron chi connectivity index (χ4n) is 2.09. The molecule has 0 aromatic heterocycles. The van der Waals surface area contributed by atoms with Crippen LogP contribution in [0.4, 0.5) is 0 Å². The number of rotatable bonds is 3. The van der Waals surface area contributed by atoms with Gasteiger partial charge in [0.05, 0.1) is 24.2 Å². The molecule has 1 atom stereocenters. The van der Waals surface area contributed by atoms with E-state index in [2.05, 4.69) is 0 Å². The number of hydrogen-bond donors (Lipinski definition) is 0. The van der Waals surface area contributed by atoms with Crippen molar-refractivity contribution in [2.24, 2.45) is 0 Å². The Kier molecular flexibility index (Phi) is 4.50. The zero-order chi connectivity index (χ0) is 14.0. The summed E-state index contributed by atoms with van der Waals surface area (Å²) in [5.74, 6) is 0.240. The maximum atomic E-state index is 12.6. The van der Waals surface area contributed by atoms with E-state index in [0.29, 0.717) is 24.7 Å². The zero-order valence-corrected chi connectivity index (χ0v) is 12.7. The van der Waals surface area contributed by atoms with Gasteiger partial charge in [-0.1, -0.05) is 6.07 Å². The Morgan fingerprint density at radius 2 is 2.11 bits per heavy atom. The molecule has 0 radical (unpaired) electrons. The zero-order valence-electron chi connectivity index (χ0n) is 11.1. The topological polar surface area (TPSA) is 46.6 Å². The molecule has 0 bridgehead atoms. The molecule has 0 spiro atoms. The number of halogens is 1. The first kappa shape index (κ1) is 14.8.